The summed E-state index contributed by atoms with van der Waals surface area (Å²) in [6.45, 7) is 2.92. The fourth-order valence-corrected chi connectivity index (χ4v) is 2.15. The molecule has 0 aliphatic heterocycles. The lowest BCUT2D eigenvalue weighted by Crippen LogP contribution is -3.00. The summed E-state index contributed by atoms with van der Waals surface area (Å²) < 4.78 is 12.7. The highest BCUT2D eigenvalue weighted by Gasteiger charge is 2.25. The van der Waals surface area contributed by atoms with Crippen LogP contribution in [0.3, 0.4) is 0 Å². The molecule has 2 atom stereocenters. The molecule has 0 radical (unpaired) electrons. The molecular formula is C16H24ClFN2O2. The van der Waals surface area contributed by atoms with Crippen LogP contribution in [0.1, 0.15) is 25.8 Å². The van der Waals surface area contributed by atoms with E-state index in [1.54, 1.807) is 0 Å². The van der Waals surface area contributed by atoms with Crippen molar-refractivity contribution < 1.29 is 32.1 Å². The van der Waals surface area contributed by atoms with Crippen molar-refractivity contribution in [3.05, 3.63) is 35.9 Å². The Hall–Kier alpha value is -1.46. The zero-order valence-corrected chi connectivity index (χ0v) is 13.8. The standard InChI is InChI=1S/C16H23FN2O2.ClH/c1-11(2)8-13(18)16(21)19-14(15(20)10-17)9-12-6-4-3-5-7-12;/h3-7,11,13-14H,8-10,18H2,1-2H3,(H,19,21);1H/t13-,14?;/m0./s1. The van der Waals surface area contributed by atoms with Crippen LogP contribution >= 0.6 is 0 Å². The number of carbonyl (C=O) groups is 2. The molecule has 124 valence electrons. The molecule has 1 aromatic rings. The maximum absolute atomic E-state index is 12.7. The first-order chi connectivity index (χ1) is 9.93. The predicted octanol–water partition coefficient (Wildman–Crippen LogP) is -2.09. The quantitative estimate of drug-likeness (QED) is 0.574. The molecule has 0 aromatic heterocycles. The van der Waals surface area contributed by atoms with E-state index >= 15 is 0 Å². The number of nitrogens with one attached hydrogen (secondary N) is 1. The van der Waals surface area contributed by atoms with E-state index in [1.165, 1.54) is 0 Å². The van der Waals surface area contributed by atoms with E-state index in [1.807, 2.05) is 44.2 Å². The van der Waals surface area contributed by atoms with Crippen molar-refractivity contribution in [1.82, 2.24) is 5.32 Å². The first kappa shape index (κ1) is 20.5. The van der Waals surface area contributed by atoms with Gasteiger partial charge in [-0.3, -0.25) is 9.59 Å². The molecule has 4 N–H and O–H groups in total. The number of benzene rings is 1. The SMILES string of the molecule is CC(C)C[C@H]([NH3+])C(=O)NC(Cc1ccccc1)C(=O)CF.[Cl-]. The van der Waals surface area contributed by atoms with Gasteiger partial charge in [0.05, 0.1) is 6.04 Å². The molecule has 0 bridgehead atoms. The molecule has 1 amide bonds. The van der Waals surface area contributed by atoms with Gasteiger partial charge in [0.15, 0.2) is 11.8 Å². The average Bonchev–Trinajstić information content (AvgIpc) is 2.46. The van der Waals surface area contributed by atoms with Crippen LogP contribution in [0.25, 0.3) is 0 Å². The van der Waals surface area contributed by atoms with Gasteiger partial charge in [-0.15, -0.1) is 0 Å². The number of alkyl halides is 1. The number of hydrogen-bond acceptors (Lipinski definition) is 2. The third kappa shape index (κ3) is 7.00. The number of rotatable bonds is 8. The summed E-state index contributed by atoms with van der Waals surface area (Å²) in [6, 6.07) is 7.98. The predicted molar refractivity (Wildman–Crippen MR) is 79.2 cm³/mol. The Labute approximate surface area is 137 Å². The molecule has 0 spiro atoms. The topological polar surface area (TPSA) is 73.8 Å². The first-order valence-corrected chi connectivity index (χ1v) is 7.20. The summed E-state index contributed by atoms with van der Waals surface area (Å²) in [4.78, 5) is 23.7. The lowest BCUT2D eigenvalue weighted by molar-refractivity contribution is -0.406. The molecule has 4 nitrogen and oxygen atoms in total. The van der Waals surface area contributed by atoms with Crippen molar-refractivity contribution in [2.45, 2.75) is 38.8 Å². The average molecular weight is 331 g/mol. The van der Waals surface area contributed by atoms with Crippen molar-refractivity contribution in [3.63, 3.8) is 0 Å². The number of carbonyl (C=O) groups excluding carboxylic acids is 2. The van der Waals surface area contributed by atoms with Crippen LogP contribution in [-0.2, 0) is 16.0 Å². The number of halogens is 2. The van der Waals surface area contributed by atoms with Crippen molar-refractivity contribution in [3.8, 4) is 0 Å². The Morgan fingerprint density at radius 2 is 1.82 bits per heavy atom. The molecule has 0 saturated carbocycles. The molecule has 1 rings (SSSR count). The Balaban J connectivity index is 0.00000441. The molecule has 0 heterocycles. The fraction of sp³-hybridized carbons (Fsp3) is 0.500. The van der Waals surface area contributed by atoms with Crippen molar-refractivity contribution in [2.24, 2.45) is 5.92 Å². The molecule has 0 saturated heterocycles. The summed E-state index contributed by atoms with van der Waals surface area (Å²) >= 11 is 0. The minimum Gasteiger partial charge on any atom is -1.00 e. The Morgan fingerprint density at radius 1 is 1.23 bits per heavy atom. The van der Waals surface area contributed by atoms with Crippen LogP contribution in [0.4, 0.5) is 4.39 Å². The number of Topliss-reactive ketones (excluding diaryl/α,β-unsaturated/α-hetero) is 1. The lowest BCUT2D eigenvalue weighted by atomic mass is 10.0. The zero-order valence-electron chi connectivity index (χ0n) is 13.0. The summed E-state index contributed by atoms with van der Waals surface area (Å²) in [6.07, 6.45) is 0.928. The third-order valence-corrected chi connectivity index (χ3v) is 3.25. The lowest BCUT2D eigenvalue weighted by Gasteiger charge is -2.18. The van der Waals surface area contributed by atoms with Gasteiger partial charge < -0.3 is 23.5 Å². The minimum absolute atomic E-state index is 0. The van der Waals surface area contributed by atoms with Crippen LogP contribution < -0.4 is 23.5 Å². The van der Waals surface area contributed by atoms with Gasteiger partial charge >= 0.3 is 0 Å². The summed E-state index contributed by atoms with van der Waals surface area (Å²) in [7, 11) is 0. The van der Waals surface area contributed by atoms with Crippen molar-refractivity contribution in [1.29, 1.82) is 0 Å². The van der Waals surface area contributed by atoms with E-state index in [0.717, 1.165) is 5.56 Å². The first-order valence-electron chi connectivity index (χ1n) is 7.20. The molecule has 6 heteroatoms. The van der Waals surface area contributed by atoms with Gasteiger partial charge in [0.25, 0.3) is 5.91 Å². The highest BCUT2D eigenvalue weighted by molar-refractivity contribution is 5.91. The smallest absolute Gasteiger partial charge is 0.278 e. The van der Waals surface area contributed by atoms with Gasteiger partial charge in [0.2, 0.25) is 0 Å². The Kier molecular flexibility index (Phi) is 9.61. The van der Waals surface area contributed by atoms with E-state index in [-0.39, 0.29) is 18.3 Å². The fourth-order valence-electron chi connectivity index (χ4n) is 2.15. The zero-order chi connectivity index (χ0) is 15.8. The van der Waals surface area contributed by atoms with Gasteiger partial charge in [-0.1, -0.05) is 44.2 Å². The largest absolute Gasteiger partial charge is 1.00 e. The third-order valence-electron chi connectivity index (χ3n) is 3.25. The Morgan fingerprint density at radius 3 is 2.32 bits per heavy atom. The molecule has 1 unspecified atom stereocenters. The highest BCUT2D eigenvalue weighted by Crippen LogP contribution is 2.06. The monoisotopic (exact) mass is 330 g/mol. The van der Waals surface area contributed by atoms with E-state index in [9.17, 15) is 14.0 Å². The molecule has 0 aliphatic carbocycles. The van der Waals surface area contributed by atoms with Gasteiger partial charge in [0.1, 0.15) is 6.67 Å². The van der Waals surface area contributed by atoms with Crippen LogP contribution in [0, 0.1) is 5.92 Å². The summed E-state index contributed by atoms with van der Waals surface area (Å²) in [5, 5.41) is 2.63. The molecular weight excluding hydrogens is 307 g/mol. The number of hydrogen-bond donors (Lipinski definition) is 2. The van der Waals surface area contributed by atoms with Gasteiger partial charge in [-0.25, -0.2) is 4.39 Å². The number of ketones is 1. The normalized spacial score (nSPS) is 13.1. The maximum Gasteiger partial charge on any atom is 0.278 e. The van der Waals surface area contributed by atoms with Gasteiger partial charge in [-0.05, 0) is 17.9 Å². The van der Waals surface area contributed by atoms with Gasteiger partial charge in [-0.2, -0.15) is 0 Å². The highest BCUT2D eigenvalue weighted by atomic mass is 35.5. The van der Waals surface area contributed by atoms with Crippen LogP contribution in [0.5, 0.6) is 0 Å². The van der Waals surface area contributed by atoms with E-state index in [2.05, 4.69) is 11.1 Å². The molecule has 22 heavy (non-hydrogen) atoms. The van der Waals surface area contributed by atoms with Crippen LogP contribution in [0.2, 0.25) is 0 Å². The Bertz CT molecular complexity index is 468. The summed E-state index contributed by atoms with van der Waals surface area (Å²) in [5.41, 5.74) is 4.69. The van der Waals surface area contributed by atoms with E-state index < -0.39 is 24.5 Å². The number of amides is 1. The summed E-state index contributed by atoms with van der Waals surface area (Å²) in [5.74, 6) is -0.571. The van der Waals surface area contributed by atoms with Crippen molar-refractivity contribution in [2.75, 3.05) is 6.67 Å². The molecule has 0 aliphatic rings. The van der Waals surface area contributed by atoms with Crippen LogP contribution in [0.15, 0.2) is 30.3 Å². The maximum atomic E-state index is 12.7. The second kappa shape index (κ2) is 10.3. The van der Waals surface area contributed by atoms with Gasteiger partial charge in [0, 0.05) is 6.42 Å². The van der Waals surface area contributed by atoms with Crippen LogP contribution in [-0.4, -0.2) is 30.4 Å². The van der Waals surface area contributed by atoms with E-state index in [4.69, 9.17) is 0 Å². The second-order valence-corrected chi connectivity index (χ2v) is 5.68. The second-order valence-electron chi connectivity index (χ2n) is 5.68. The molecule has 1 aromatic carbocycles. The molecule has 0 fully saturated rings. The minimum atomic E-state index is -1.08. The van der Waals surface area contributed by atoms with Crippen molar-refractivity contribution >= 4 is 11.7 Å². The van der Waals surface area contributed by atoms with E-state index in [0.29, 0.717) is 18.8 Å². The number of quaternary nitrogens is 1.